The lowest BCUT2D eigenvalue weighted by Crippen LogP contribution is -2.30. The van der Waals surface area contributed by atoms with Crippen molar-refractivity contribution in [2.75, 3.05) is 5.32 Å². The molecule has 0 spiro atoms. The van der Waals surface area contributed by atoms with Gasteiger partial charge in [0.1, 0.15) is 5.15 Å². The smallest absolute Gasteiger partial charge is 0.342 e. The highest BCUT2D eigenvalue weighted by Crippen LogP contribution is 2.22. The summed E-state index contributed by atoms with van der Waals surface area (Å²) in [6.07, 6.45) is -1.02. The summed E-state index contributed by atoms with van der Waals surface area (Å²) in [5, 5.41) is 3.05. The summed E-state index contributed by atoms with van der Waals surface area (Å²) in [7, 11) is 0. The third-order valence-corrected chi connectivity index (χ3v) is 3.89. The maximum Gasteiger partial charge on any atom is 0.342 e. The van der Waals surface area contributed by atoms with Gasteiger partial charge in [0.15, 0.2) is 6.10 Å². The molecular weight excluding hydrogens is 351 g/mol. The third kappa shape index (κ3) is 4.24. The van der Waals surface area contributed by atoms with Crippen molar-refractivity contribution in [2.24, 2.45) is 0 Å². The topological polar surface area (TPSA) is 68.3 Å². The Kier molecular flexibility index (Phi) is 5.80. The minimum absolute atomic E-state index is 0.0520. The molecule has 2 rings (SSSR count). The van der Waals surface area contributed by atoms with Crippen LogP contribution in [0.3, 0.4) is 0 Å². The first-order chi connectivity index (χ1) is 11.3. The van der Waals surface area contributed by atoms with Crippen LogP contribution in [-0.4, -0.2) is 23.0 Å². The van der Waals surface area contributed by atoms with Gasteiger partial charge in [-0.05, 0) is 44.5 Å². The molecule has 0 unspecified atom stereocenters. The Labute approximate surface area is 149 Å². The molecular formula is C17H16Cl2N2O3. The van der Waals surface area contributed by atoms with Crippen LogP contribution in [0.5, 0.6) is 0 Å². The molecule has 0 aliphatic rings. The zero-order chi connectivity index (χ0) is 17.9. The highest BCUT2D eigenvalue weighted by Gasteiger charge is 2.23. The first kappa shape index (κ1) is 18.2. The van der Waals surface area contributed by atoms with Crippen molar-refractivity contribution in [3.63, 3.8) is 0 Å². The van der Waals surface area contributed by atoms with Gasteiger partial charge in [0.05, 0.1) is 16.3 Å². The highest BCUT2D eigenvalue weighted by molar-refractivity contribution is 6.34. The molecule has 0 bridgehead atoms. The molecule has 1 aromatic heterocycles. The lowest BCUT2D eigenvalue weighted by molar-refractivity contribution is -0.123. The van der Waals surface area contributed by atoms with Gasteiger partial charge in [-0.25, -0.2) is 9.78 Å². The van der Waals surface area contributed by atoms with E-state index in [2.05, 4.69) is 10.3 Å². The van der Waals surface area contributed by atoms with Crippen molar-refractivity contribution >= 4 is 40.8 Å². The Balaban J connectivity index is 2.09. The molecule has 1 aromatic carbocycles. The first-order valence-electron chi connectivity index (χ1n) is 7.19. The van der Waals surface area contributed by atoms with Crippen LogP contribution in [-0.2, 0) is 9.53 Å². The molecule has 0 saturated heterocycles. The molecule has 2 aromatic rings. The number of esters is 1. The molecule has 0 radical (unpaired) electrons. The maximum absolute atomic E-state index is 12.3. The molecule has 1 N–H and O–H groups in total. The van der Waals surface area contributed by atoms with E-state index in [1.807, 2.05) is 0 Å². The minimum atomic E-state index is -1.02. The number of carbonyl (C=O) groups excluding carboxylic acids is 2. The predicted molar refractivity (Wildman–Crippen MR) is 93.7 cm³/mol. The normalized spacial score (nSPS) is 11.7. The van der Waals surface area contributed by atoms with Gasteiger partial charge >= 0.3 is 5.97 Å². The van der Waals surface area contributed by atoms with E-state index < -0.39 is 18.0 Å². The van der Waals surface area contributed by atoms with Crippen LogP contribution in [0, 0.1) is 13.8 Å². The largest absolute Gasteiger partial charge is 0.449 e. The quantitative estimate of drug-likeness (QED) is 0.650. The van der Waals surface area contributed by atoms with Crippen LogP contribution in [0.2, 0.25) is 10.2 Å². The standard InChI is InChI=1S/C17H16Cl2N2O3/c1-9-8-10(2)20-15(19)14(9)17(23)24-11(3)16(22)21-13-7-5-4-6-12(13)18/h4-8,11H,1-3H3,(H,21,22)/t11-/m0/s1. The van der Waals surface area contributed by atoms with Gasteiger partial charge in [-0.2, -0.15) is 0 Å². The molecule has 0 saturated carbocycles. The SMILES string of the molecule is Cc1cc(C)c(C(=O)O[C@@H](C)C(=O)Nc2ccccc2Cl)c(Cl)n1. The van der Waals surface area contributed by atoms with Crippen molar-refractivity contribution in [2.45, 2.75) is 26.9 Å². The summed E-state index contributed by atoms with van der Waals surface area (Å²) in [5.41, 5.74) is 1.92. The number of anilines is 1. The van der Waals surface area contributed by atoms with E-state index >= 15 is 0 Å². The number of ether oxygens (including phenoxy) is 1. The van der Waals surface area contributed by atoms with E-state index in [0.29, 0.717) is 22.0 Å². The fourth-order valence-electron chi connectivity index (χ4n) is 2.11. The van der Waals surface area contributed by atoms with Crippen molar-refractivity contribution in [1.82, 2.24) is 4.98 Å². The molecule has 1 atom stereocenters. The zero-order valence-corrected chi connectivity index (χ0v) is 14.9. The Morgan fingerprint density at radius 2 is 1.88 bits per heavy atom. The van der Waals surface area contributed by atoms with E-state index in [4.69, 9.17) is 27.9 Å². The van der Waals surface area contributed by atoms with Gasteiger partial charge in [0.25, 0.3) is 5.91 Å². The summed E-state index contributed by atoms with van der Waals surface area (Å²) in [5.74, 6) is -1.20. The minimum Gasteiger partial charge on any atom is -0.449 e. The van der Waals surface area contributed by atoms with Crippen molar-refractivity contribution in [3.05, 3.63) is 57.3 Å². The zero-order valence-electron chi connectivity index (χ0n) is 13.4. The van der Waals surface area contributed by atoms with Gasteiger partial charge in [0.2, 0.25) is 0 Å². The number of amides is 1. The van der Waals surface area contributed by atoms with E-state index in [-0.39, 0.29) is 10.7 Å². The Morgan fingerprint density at radius 3 is 2.50 bits per heavy atom. The van der Waals surface area contributed by atoms with Crippen molar-refractivity contribution in [1.29, 1.82) is 0 Å². The maximum atomic E-state index is 12.3. The van der Waals surface area contributed by atoms with Crippen molar-refractivity contribution < 1.29 is 14.3 Å². The van der Waals surface area contributed by atoms with Crippen LogP contribution in [0.1, 0.15) is 28.5 Å². The van der Waals surface area contributed by atoms with Gasteiger partial charge in [-0.1, -0.05) is 35.3 Å². The molecule has 5 nitrogen and oxygen atoms in total. The average Bonchev–Trinajstić information content (AvgIpc) is 2.48. The first-order valence-corrected chi connectivity index (χ1v) is 7.95. The van der Waals surface area contributed by atoms with Gasteiger partial charge in [0, 0.05) is 5.69 Å². The summed E-state index contributed by atoms with van der Waals surface area (Å²) < 4.78 is 5.19. The lowest BCUT2D eigenvalue weighted by Gasteiger charge is -2.15. The molecule has 0 aliphatic carbocycles. The fraction of sp³-hybridized carbons (Fsp3) is 0.235. The van der Waals surface area contributed by atoms with Crippen LogP contribution < -0.4 is 5.32 Å². The van der Waals surface area contributed by atoms with Crippen LogP contribution >= 0.6 is 23.2 Å². The number of para-hydroxylation sites is 1. The molecule has 0 fully saturated rings. The number of aryl methyl sites for hydroxylation is 2. The van der Waals surface area contributed by atoms with E-state index in [0.717, 1.165) is 0 Å². The number of benzene rings is 1. The van der Waals surface area contributed by atoms with Gasteiger partial charge in [-0.15, -0.1) is 0 Å². The monoisotopic (exact) mass is 366 g/mol. The van der Waals surface area contributed by atoms with Crippen LogP contribution in [0.15, 0.2) is 30.3 Å². The molecule has 1 heterocycles. The van der Waals surface area contributed by atoms with Gasteiger partial charge in [-0.3, -0.25) is 4.79 Å². The summed E-state index contributed by atoms with van der Waals surface area (Å²) in [4.78, 5) is 28.5. The number of hydrogen-bond acceptors (Lipinski definition) is 4. The molecule has 126 valence electrons. The molecule has 1 amide bonds. The molecule has 7 heteroatoms. The number of pyridine rings is 1. The molecule has 24 heavy (non-hydrogen) atoms. The number of nitrogens with one attached hydrogen (secondary N) is 1. The predicted octanol–water partition coefficient (Wildman–Crippen LogP) is 4.19. The van der Waals surface area contributed by atoms with Crippen LogP contribution in [0.25, 0.3) is 0 Å². The van der Waals surface area contributed by atoms with E-state index in [9.17, 15) is 9.59 Å². The molecule has 0 aliphatic heterocycles. The second-order valence-corrected chi connectivity index (χ2v) is 6.03. The fourth-order valence-corrected chi connectivity index (χ4v) is 2.65. The average molecular weight is 367 g/mol. The third-order valence-electron chi connectivity index (χ3n) is 3.29. The number of carbonyl (C=O) groups is 2. The van der Waals surface area contributed by atoms with Crippen molar-refractivity contribution in [3.8, 4) is 0 Å². The highest BCUT2D eigenvalue weighted by atomic mass is 35.5. The van der Waals surface area contributed by atoms with E-state index in [1.54, 1.807) is 44.2 Å². The Bertz CT molecular complexity index is 770. The lowest BCUT2D eigenvalue weighted by atomic mass is 10.1. The Hall–Kier alpha value is -2.11. The number of hydrogen-bond donors (Lipinski definition) is 1. The number of rotatable bonds is 4. The van der Waals surface area contributed by atoms with E-state index in [1.165, 1.54) is 6.92 Å². The summed E-state index contributed by atoms with van der Waals surface area (Å²) >= 11 is 12.0. The number of aromatic nitrogens is 1. The number of halogens is 2. The second kappa shape index (κ2) is 7.64. The van der Waals surface area contributed by atoms with Gasteiger partial charge < -0.3 is 10.1 Å². The summed E-state index contributed by atoms with van der Waals surface area (Å²) in [6, 6.07) is 8.50. The number of nitrogens with zero attached hydrogens (tertiary/aromatic N) is 1. The summed E-state index contributed by atoms with van der Waals surface area (Å²) in [6.45, 7) is 4.97. The Morgan fingerprint density at radius 1 is 1.21 bits per heavy atom. The van der Waals surface area contributed by atoms with Crippen LogP contribution in [0.4, 0.5) is 5.69 Å². The second-order valence-electron chi connectivity index (χ2n) is 5.26.